The number of piperidine rings is 1. The number of halogens is 3. The Labute approximate surface area is 191 Å². The van der Waals surface area contributed by atoms with Crippen LogP contribution in [0, 0.1) is 0 Å². The first kappa shape index (κ1) is 25.1. The minimum Gasteiger partial charge on any atom is -0.444 e. The molecule has 0 unspecified atom stereocenters. The molecule has 14 heteroatoms. The van der Waals surface area contributed by atoms with Crippen LogP contribution in [0.15, 0.2) is 17.1 Å². The van der Waals surface area contributed by atoms with Crippen LogP contribution in [-0.2, 0) is 9.53 Å². The molecule has 0 aliphatic carbocycles. The molecule has 0 saturated carbocycles. The van der Waals surface area contributed by atoms with Crippen LogP contribution in [-0.4, -0.2) is 62.3 Å². The van der Waals surface area contributed by atoms with Crippen molar-refractivity contribution >= 4 is 23.6 Å². The topological polar surface area (TPSA) is 138 Å². The Bertz CT molecular complexity index is 1140. The van der Waals surface area contributed by atoms with E-state index in [1.54, 1.807) is 31.1 Å². The molecule has 11 nitrogen and oxygen atoms in total. The molecule has 2 aromatic rings. The fraction of sp³-hybridized carbons (Fsp3) is 0.550. The van der Waals surface area contributed by atoms with Crippen molar-refractivity contribution in [3.63, 3.8) is 0 Å². The third kappa shape index (κ3) is 6.26. The molecule has 0 atom stereocenters. The number of aromatic nitrogens is 3. The van der Waals surface area contributed by atoms with Gasteiger partial charge in [-0.3, -0.25) is 25.2 Å². The van der Waals surface area contributed by atoms with Gasteiger partial charge in [0, 0.05) is 25.1 Å². The molecule has 0 spiro atoms. The maximum absolute atomic E-state index is 12.4. The highest BCUT2D eigenvalue weighted by atomic mass is 19.4. The number of nitrogens with zero attached hydrogens (tertiary/aromatic N) is 3. The highest BCUT2D eigenvalue weighted by Crippen LogP contribution is 2.28. The zero-order chi connectivity index (χ0) is 25.3. The van der Waals surface area contributed by atoms with Gasteiger partial charge in [-0.1, -0.05) is 0 Å². The lowest BCUT2D eigenvalue weighted by Gasteiger charge is -2.33. The summed E-state index contributed by atoms with van der Waals surface area (Å²) in [6.07, 6.45) is -4.73. The van der Waals surface area contributed by atoms with Crippen LogP contribution < -0.4 is 16.4 Å². The van der Waals surface area contributed by atoms with E-state index in [9.17, 15) is 32.3 Å². The molecule has 3 amide bonds. The summed E-state index contributed by atoms with van der Waals surface area (Å²) in [4.78, 5) is 52.3. The number of fused-ring (bicyclic) bond motifs is 1. The third-order valence-electron chi connectivity index (χ3n) is 5.02. The largest absolute Gasteiger partial charge is 0.444 e. The quantitative estimate of drug-likeness (QED) is 0.566. The predicted octanol–water partition coefficient (Wildman–Crippen LogP) is 1.85. The average Bonchev–Trinajstić information content (AvgIpc) is 3.13. The smallest absolute Gasteiger partial charge is 0.410 e. The standard InChI is InChI=1S/C20H25F3N6O5/c1-19(2,3)34-18(33)28-6-4-11(5-7-28)13-8-14(30)25-16-12(10-24-29(13)16)17(32)27-26-15(31)9-20(21,22)23/h8,10-11H,4-7,9H2,1-3H3,(H,25,30)(H,26,31)(H,27,32). The van der Waals surface area contributed by atoms with Crippen LogP contribution >= 0.6 is 0 Å². The number of hydrogen-bond acceptors (Lipinski definition) is 6. The number of nitrogens with one attached hydrogen (secondary N) is 3. The van der Waals surface area contributed by atoms with Crippen molar-refractivity contribution in [3.05, 3.63) is 33.9 Å². The molecule has 0 bridgehead atoms. The third-order valence-corrected chi connectivity index (χ3v) is 5.02. The Morgan fingerprint density at radius 3 is 2.41 bits per heavy atom. The zero-order valence-corrected chi connectivity index (χ0v) is 18.8. The molecular weight excluding hydrogens is 461 g/mol. The van der Waals surface area contributed by atoms with Gasteiger partial charge < -0.3 is 14.6 Å². The first-order valence-electron chi connectivity index (χ1n) is 10.5. The van der Waals surface area contributed by atoms with Gasteiger partial charge in [-0.2, -0.15) is 18.3 Å². The van der Waals surface area contributed by atoms with Gasteiger partial charge >= 0.3 is 12.3 Å². The lowest BCUT2D eigenvalue weighted by atomic mass is 9.93. The van der Waals surface area contributed by atoms with Gasteiger partial charge in [0.2, 0.25) is 5.91 Å². The van der Waals surface area contributed by atoms with Crippen LogP contribution in [0.25, 0.3) is 5.65 Å². The number of hydrazine groups is 1. The van der Waals surface area contributed by atoms with Gasteiger partial charge in [-0.25, -0.2) is 9.31 Å². The Kier molecular flexibility index (Phi) is 6.89. The molecule has 2 aromatic heterocycles. The van der Waals surface area contributed by atoms with Gasteiger partial charge in [0.25, 0.3) is 11.5 Å². The highest BCUT2D eigenvalue weighted by Gasteiger charge is 2.32. The Morgan fingerprint density at radius 1 is 1.18 bits per heavy atom. The number of hydrogen-bond donors (Lipinski definition) is 3. The van der Waals surface area contributed by atoms with Crippen molar-refractivity contribution in [2.45, 2.75) is 57.7 Å². The molecule has 0 aromatic carbocycles. The van der Waals surface area contributed by atoms with Crippen LogP contribution in [0.4, 0.5) is 18.0 Å². The highest BCUT2D eigenvalue weighted by molar-refractivity contribution is 6.00. The maximum atomic E-state index is 12.4. The molecule has 1 aliphatic heterocycles. The van der Waals surface area contributed by atoms with E-state index in [1.807, 2.05) is 5.43 Å². The minimum absolute atomic E-state index is 0.0274. The van der Waals surface area contributed by atoms with Gasteiger partial charge in [0.05, 0.1) is 11.9 Å². The summed E-state index contributed by atoms with van der Waals surface area (Å²) in [5.41, 5.74) is 2.84. The fourth-order valence-corrected chi connectivity index (χ4v) is 3.57. The van der Waals surface area contributed by atoms with E-state index in [0.29, 0.717) is 31.6 Å². The Hall–Kier alpha value is -3.58. The number of alkyl halides is 3. The van der Waals surface area contributed by atoms with Crippen LogP contribution in [0.1, 0.15) is 62.0 Å². The lowest BCUT2D eigenvalue weighted by molar-refractivity contribution is -0.154. The summed E-state index contributed by atoms with van der Waals surface area (Å²) in [7, 11) is 0. The summed E-state index contributed by atoms with van der Waals surface area (Å²) < 4.78 is 43.5. The van der Waals surface area contributed by atoms with Gasteiger partial charge in [-0.15, -0.1) is 0 Å². The van der Waals surface area contributed by atoms with E-state index in [0.717, 1.165) is 6.20 Å². The number of aromatic amines is 1. The minimum atomic E-state index is -4.72. The number of rotatable bonds is 3. The van der Waals surface area contributed by atoms with E-state index in [2.05, 4.69) is 10.1 Å². The second kappa shape index (κ2) is 9.35. The monoisotopic (exact) mass is 486 g/mol. The number of H-pyrrole nitrogens is 1. The fourth-order valence-electron chi connectivity index (χ4n) is 3.57. The van der Waals surface area contributed by atoms with Crippen molar-refractivity contribution in [1.29, 1.82) is 0 Å². The summed E-state index contributed by atoms with van der Waals surface area (Å²) in [5, 5.41) is 4.13. The van der Waals surface area contributed by atoms with Crippen LogP contribution in [0.5, 0.6) is 0 Å². The molecule has 1 aliphatic rings. The van der Waals surface area contributed by atoms with Gasteiger partial charge in [-0.05, 0) is 33.6 Å². The first-order valence-corrected chi connectivity index (χ1v) is 10.5. The molecule has 1 saturated heterocycles. The van der Waals surface area contributed by atoms with E-state index in [4.69, 9.17) is 4.74 Å². The van der Waals surface area contributed by atoms with Crippen molar-refractivity contribution in [1.82, 2.24) is 30.3 Å². The number of carbonyl (C=O) groups is 3. The van der Waals surface area contributed by atoms with Crippen molar-refractivity contribution in [2.75, 3.05) is 13.1 Å². The van der Waals surface area contributed by atoms with Gasteiger partial charge in [0.15, 0.2) is 0 Å². The molecule has 0 radical (unpaired) electrons. The zero-order valence-electron chi connectivity index (χ0n) is 18.8. The van der Waals surface area contributed by atoms with Gasteiger partial charge in [0.1, 0.15) is 23.2 Å². The molecule has 3 rings (SSSR count). The molecule has 186 valence electrons. The first-order chi connectivity index (χ1) is 15.7. The number of carbonyl (C=O) groups excluding carboxylic acids is 3. The number of likely N-dealkylation sites (tertiary alicyclic amines) is 1. The summed E-state index contributed by atoms with van der Waals surface area (Å²) in [5.74, 6) is -2.54. The van der Waals surface area contributed by atoms with Crippen molar-refractivity contribution in [3.8, 4) is 0 Å². The molecule has 34 heavy (non-hydrogen) atoms. The van der Waals surface area contributed by atoms with Crippen LogP contribution in [0.2, 0.25) is 0 Å². The SMILES string of the molecule is CC(C)(C)OC(=O)N1CCC(c2cc(=O)[nH]c3c(C(=O)NNC(=O)CC(F)(F)F)cnn23)CC1. The summed E-state index contributed by atoms with van der Waals surface area (Å²) in [6, 6.07) is 1.35. The molecule has 3 N–H and O–H groups in total. The van der Waals surface area contributed by atoms with Crippen LogP contribution in [0.3, 0.4) is 0 Å². The Balaban J connectivity index is 1.73. The predicted molar refractivity (Wildman–Crippen MR) is 112 cm³/mol. The van der Waals surface area contributed by atoms with E-state index in [1.165, 1.54) is 10.6 Å². The van der Waals surface area contributed by atoms with E-state index >= 15 is 0 Å². The Morgan fingerprint density at radius 2 is 1.82 bits per heavy atom. The van der Waals surface area contributed by atoms with E-state index in [-0.39, 0.29) is 17.1 Å². The lowest BCUT2D eigenvalue weighted by Crippen LogP contribution is -2.43. The number of amides is 3. The van der Waals surface area contributed by atoms with Crippen molar-refractivity contribution in [2.24, 2.45) is 0 Å². The second-order valence-corrected chi connectivity index (χ2v) is 8.91. The maximum Gasteiger partial charge on any atom is 0.410 e. The molecule has 1 fully saturated rings. The summed E-state index contributed by atoms with van der Waals surface area (Å²) in [6.45, 7) is 6.12. The average molecular weight is 486 g/mol. The normalized spacial score (nSPS) is 15.3. The molecular formula is C20H25F3N6O5. The molecule has 3 heterocycles. The number of ether oxygens (including phenoxy) is 1. The van der Waals surface area contributed by atoms with Crippen molar-refractivity contribution < 1.29 is 32.3 Å². The second-order valence-electron chi connectivity index (χ2n) is 8.91. The summed E-state index contributed by atoms with van der Waals surface area (Å²) >= 11 is 0. The van der Waals surface area contributed by atoms with E-state index < -0.39 is 41.7 Å².